The Bertz CT molecular complexity index is 253. The molecule has 5 atom stereocenters. The molecule has 16 heavy (non-hydrogen) atoms. The highest BCUT2D eigenvalue weighted by atomic mass is 35.5. The molecule has 5 N–H and O–H groups in total. The fourth-order valence-electron chi connectivity index (χ4n) is 1.48. The molecule has 1 fully saturated rings. The number of alkyl halides is 1. The summed E-state index contributed by atoms with van der Waals surface area (Å²) >= 11 is 5.24. The minimum Gasteiger partial charge on any atom is -0.394 e. The molecule has 0 aromatic heterocycles. The lowest BCUT2D eigenvalue weighted by Gasteiger charge is -2.40. The van der Waals surface area contributed by atoms with Crippen LogP contribution in [-0.4, -0.2) is 69.5 Å². The second kappa shape index (κ2) is 5.76. The van der Waals surface area contributed by atoms with Gasteiger partial charge in [0, 0.05) is 0 Å². The fourth-order valence-corrected chi connectivity index (χ4v) is 1.55. The van der Waals surface area contributed by atoms with Gasteiger partial charge in [0.05, 0.1) is 6.61 Å². The topological polar surface area (TPSA) is 119 Å². The molecule has 0 aromatic carbocycles. The van der Waals surface area contributed by atoms with Gasteiger partial charge in [0.25, 0.3) is 0 Å². The molecule has 1 amide bonds. The van der Waals surface area contributed by atoms with Gasteiger partial charge in [-0.3, -0.25) is 4.79 Å². The van der Waals surface area contributed by atoms with E-state index in [2.05, 4.69) is 5.32 Å². The summed E-state index contributed by atoms with van der Waals surface area (Å²) in [6.45, 7) is -0.550. The van der Waals surface area contributed by atoms with Crippen LogP contribution in [0.3, 0.4) is 0 Å². The molecule has 1 rings (SSSR count). The molecule has 1 saturated heterocycles. The van der Waals surface area contributed by atoms with E-state index in [-0.39, 0.29) is 5.88 Å². The van der Waals surface area contributed by atoms with Crippen LogP contribution < -0.4 is 5.32 Å². The number of halogens is 1. The van der Waals surface area contributed by atoms with Crippen molar-refractivity contribution in [3.05, 3.63) is 0 Å². The van der Waals surface area contributed by atoms with Crippen molar-refractivity contribution < 1.29 is 30.0 Å². The molecular formula is C8H14ClNO6. The summed E-state index contributed by atoms with van der Waals surface area (Å²) < 4.78 is 4.81. The van der Waals surface area contributed by atoms with Crippen molar-refractivity contribution in [1.82, 2.24) is 5.32 Å². The van der Waals surface area contributed by atoms with Crippen molar-refractivity contribution in [3.63, 3.8) is 0 Å². The minimum atomic E-state index is -1.51. The van der Waals surface area contributed by atoms with Gasteiger partial charge in [0.15, 0.2) is 6.29 Å². The van der Waals surface area contributed by atoms with Crippen molar-refractivity contribution in [1.29, 1.82) is 0 Å². The van der Waals surface area contributed by atoms with Crippen LogP contribution in [0, 0.1) is 0 Å². The Kier molecular flexibility index (Phi) is 4.90. The Morgan fingerprint density at radius 1 is 1.31 bits per heavy atom. The van der Waals surface area contributed by atoms with Crippen molar-refractivity contribution in [3.8, 4) is 0 Å². The number of aliphatic hydroxyl groups is 4. The average molecular weight is 256 g/mol. The molecule has 1 heterocycles. The zero-order chi connectivity index (χ0) is 12.3. The Morgan fingerprint density at radius 2 is 1.94 bits per heavy atom. The second-order valence-corrected chi connectivity index (χ2v) is 3.72. The van der Waals surface area contributed by atoms with Gasteiger partial charge in [-0.2, -0.15) is 0 Å². The van der Waals surface area contributed by atoms with E-state index >= 15 is 0 Å². The molecule has 7 nitrogen and oxygen atoms in total. The molecular weight excluding hydrogens is 242 g/mol. The first-order valence-electron chi connectivity index (χ1n) is 4.67. The van der Waals surface area contributed by atoms with Crippen LogP contribution in [0.15, 0.2) is 0 Å². The summed E-state index contributed by atoms with van der Waals surface area (Å²) in [6.07, 6.45) is -5.43. The molecule has 0 radical (unpaired) electrons. The van der Waals surface area contributed by atoms with Gasteiger partial charge in [-0.15, -0.1) is 11.6 Å². The molecule has 0 aromatic rings. The third-order valence-corrected chi connectivity index (χ3v) is 2.59. The lowest BCUT2D eigenvalue weighted by atomic mass is 9.97. The van der Waals surface area contributed by atoms with Gasteiger partial charge in [-0.25, -0.2) is 0 Å². The van der Waals surface area contributed by atoms with Crippen LogP contribution in [0.1, 0.15) is 0 Å². The number of carbonyl (C=O) groups is 1. The Hall–Kier alpha value is -0.440. The van der Waals surface area contributed by atoms with E-state index in [4.69, 9.17) is 21.4 Å². The van der Waals surface area contributed by atoms with Crippen LogP contribution in [0.25, 0.3) is 0 Å². The summed E-state index contributed by atoms with van der Waals surface area (Å²) in [5.74, 6) is -0.946. The number of carbonyl (C=O) groups excluding carboxylic acids is 1. The predicted octanol–water partition coefficient (Wildman–Crippen LogP) is -2.86. The highest BCUT2D eigenvalue weighted by Crippen LogP contribution is 2.19. The van der Waals surface area contributed by atoms with E-state index in [1.165, 1.54) is 0 Å². The van der Waals surface area contributed by atoms with Gasteiger partial charge in [0.2, 0.25) is 5.91 Å². The van der Waals surface area contributed by atoms with Gasteiger partial charge >= 0.3 is 0 Å². The molecule has 0 bridgehead atoms. The predicted molar refractivity (Wildman–Crippen MR) is 52.6 cm³/mol. The molecule has 8 heteroatoms. The molecule has 0 aliphatic carbocycles. The summed E-state index contributed by atoms with van der Waals surface area (Å²) in [7, 11) is 0. The Balaban J connectivity index is 2.67. The van der Waals surface area contributed by atoms with Crippen molar-refractivity contribution in [2.75, 3.05) is 12.5 Å². The standard InChI is InChI=1S/C8H14ClNO6/c9-1-4(12)10-5-7(14)6(13)3(2-11)16-8(5)15/h3,5-8,11,13-15H,1-2H2,(H,10,12)/t3?,5?,6-,7-,8-/m1/s1. The summed E-state index contributed by atoms with van der Waals surface area (Å²) in [6, 6.07) is -1.18. The van der Waals surface area contributed by atoms with Gasteiger partial charge in [0.1, 0.15) is 30.2 Å². The van der Waals surface area contributed by atoms with Crippen LogP contribution >= 0.6 is 11.6 Å². The van der Waals surface area contributed by atoms with Crippen LogP contribution in [0.5, 0.6) is 0 Å². The lowest BCUT2D eigenvalue weighted by Crippen LogP contribution is -2.64. The zero-order valence-electron chi connectivity index (χ0n) is 8.28. The maximum absolute atomic E-state index is 11.0. The van der Waals surface area contributed by atoms with E-state index < -0.39 is 43.2 Å². The monoisotopic (exact) mass is 255 g/mol. The number of hydrogen-bond donors (Lipinski definition) is 5. The van der Waals surface area contributed by atoms with E-state index in [0.717, 1.165) is 0 Å². The van der Waals surface area contributed by atoms with E-state index in [9.17, 15) is 20.1 Å². The van der Waals surface area contributed by atoms with E-state index in [1.807, 2.05) is 0 Å². The SMILES string of the molecule is O=C(CCl)NC1[C@H](O)OC(CO)[C@@H](O)[C@@H]1O. The first-order chi connectivity index (χ1) is 7.51. The lowest BCUT2D eigenvalue weighted by molar-refractivity contribution is -0.253. The first-order valence-corrected chi connectivity index (χ1v) is 5.20. The van der Waals surface area contributed by atoms with Gasteiger partial charge < -0.3 is 30.5 Å². The van der Waals surface area contributed by atoms with Crippen LogP contribution in [0.2, 0.25) is 0 Å². The number of hydrogen-bond acceptors (Lipinski definition) is 6. The summed E-state index contributed by atoms with van der Waals surface area (Å²) in [5.41, 5.74) is 0. The van der Waals surface area contributed by atoms with Crippen LogP contribution in [-0.2, 0) is 9.53 Å². The number of nitrogens with one attached hydrogen (secondary N) is 1. The number of ether oxygens (including phenoxy) is 1. The van der Waals surface area contributed by atoms with E-state index in [0.29, 0.717) is 0 Å². The maximum atomic E-state index is 11.0. The summed E-state index contributed by atoms with van der Waals surface area (Å²) in [5, 5.41) is 39.5. The smallest absolute Gasteiger partial charge is 0.235 e. The molecule has 0 saturated carbocycles. The molecule has 1 aliphatic rings. The Labute approximate surface area is 96.6 Å². The van der Waals surface area contributed by atoms with Gasteiger partial charge in [-0.05, 0) is 0 Å². The maximum Gasteiger partial charge on any atom is 0.235 e. The Morgan fingerprint density at radius 3 is 2.44 bits per heavy atom. The highest BCUT2D eigenvalue weighted by Gasteiger charge is 2.44. The number of rotatable bonds is 3. The third kappa shape index (κ3) is 2.82. The van der Waals surface area contributed by atoms with Crippen molar-refractivity contribution in [2.45, 2.75) is 30.6 Å². The normalized spacial score (nSPS) is 39.4. The zero-order valence-corrected chi connectivity index (χ0v) is 9.04. The number of amides is 1. The van der Waals surface area contributed by atoms with Crippen molar-refractivity contribution in [2.24, 2.45) is 0 Å². The largest absolute Gasteiger partial charge is 0.394 e. The third-order valence-electron chi connectivity index (χ3n) is 2.35. The average Bonchev–Trinajstić information content (AvgIpc) is 2.28. The molecule has 1 aliphatic heterocycles. The number of aliphatic hydroxyl groups excluding tert-OH is 4. The first kappa shape index (κ1) is 13.6. The minimum absolute atomic E-state index is 0.338. The quantitative estimate of drug-likeness (QED) is 0.346. The van der Waals surface area contributed by atoms with Crippen LogP contribution in [0.4, 0.5) is 0 Å². The summed E-state index contributed by atoms with van der Waals surface area (Å²) in [4.78, 5) is 11.0. The fraction of sp³-hybridized carbons (Fsp3) is 0.875. The highest BCUT2D eigenvalue weighted by molar-refractivity contribution is 6.27. The van der Waals surface area contributed by atoms with Gasteiger partial charge in [-0.1, -0.05) is 0 Å². The van der Waals surface area contributed by atoms with Crippen molar-refractivity contribution >= 4 is 17.5 Å². The molecule has 2 unspecified atom stereocenters. The molecule has 0 spiro atoms. The molecule has 94 valence electrons. The van der Waals surface area contributed by atoms with E-state index in [1.54, 1.807) is 0 Å². The second-order valence-electron chi connectivity index (χ2n) is 3.46.